The number of nitrogens with one attached hydrogen (secondary N) is 2. The van der Waals surface area contributed by atoms with Crippen molar-refractivity contribution in [2.45, 2.75) is 0 Å². The Morgan fingerprint density at radius 2 is 1.14 bits per heavy atom. The molecule has 0 aliphatic heterocycles. The first kappa shape index (κ1) is 28.9. The SMILES string of the molecule is N=C(N=C(Nn1c2ccccc2c2ccc(-c3cccc(-c4cccc5c4sc4ccccc45)c3)cc21)c1ccccc1)c1ccccc1. The molecule has 0 fully saturated rings. The highest BCUT2D eigenvalue weighted by Crippen LogP contribution is 2.41. The van der Waals surface area contributed by atoms with Crippen molar-refractivity contribution in [3.63, 3.8) is 0 Å². The Kier molecular flexibility index (Phi) is 7.11. The molecule has 232 valence electrons. The Hall–Kier alpha value is -6.30. The third-order valence-electron chi connectivity index (χ3n) is 9.12. The molecule has 49 heavy (non-hydrogen) atoms. The van der Waals surface area contributed by atoms with E-state index < -0.39 is 0 Å². The van der Waals surface area contributed by atoms with Gasteiger partial charge in [0, 0.05) is 42.1 Å². The van der Waals surface area contributed by atoms with E-state index in [1.54, 1.807) is 0 Å². The van der Waals surface area contributed by atoms with Crippen molar-refractivity contribution in [1.82, 2.24) is 4.68 Å². The number of hydrogen-bond acceptors (Lipinski definition) is 2. The van der Waals surface area contributed by atoms with Gasteiger partial charge in [0.15, 0.2) is 11.7 Å². The summed E-state index contributed by atoms with van der Waals surface area (Å²) in [6.07, 6.45) is 0. The molecule has 0 radical (unpaired) electrons. The summed E-state index contributed by atoms with van der Waals surface area (Å²) in [4.78, 5) is 4.84. The zero-order valence-corrected chi connectivity index (χ0v) is 27.3. The van der Waals surface area contributed by atoms with Crippen LogP contribution < -0.4 is 5.43 Å². The second-order valence-electron chi connectivity index (χ2n) is 12.1. The Morgan fingerprint density at radius 1 is 0.510 bits per heavy atom. The van der Waals surface area contributed by atoms with Gasteiger partial charge in [-0.2, -0.15) is 0 Å². The van der Waals surface area contributed by atoms with Crippen LogP contribution in [0, 0.1) is 5.41 Å². The standard InChI is InChI=1S/C44H30N4S/c45-43(29-13-3-1-4-14-29)46-44(30-15-5-2-6-16-30)47-48-39-23-9-7-19-35(39)36-26-25-32(28-40(36)48)31-17-11-18-33(27-31)34-21-12-22-38-37-20-8-10-24-41(37)49-42(34)38/h1-28H,(H2,45,46,47). The number of benzene rings is 7. The summed E-state index contributed by atoms with van der Waals surface area (Å²) in [6, 6.07) is 58.9. The summed E-state index contributed by atoms with van der Waals surface area (Å²) in [5.74, 6) is 0.791. The fourth-order valence-electron chi connectivity index (χ4n) is 6.74. The lowest BCUT2D eigenvalue weighted by Gasteiger charge is -2.15. The average molecular weight is 647 g/mol. The van der Waals surface area contributed by atoms with Crippen molar-refractivity contribution in [2.24, 2.45) is 4.99 Å². The van der Waals surface area contributed by atoms with Gasteiger partial charge in [0.05, 0.1) is 11.0 Å². The highest BCUT2D eigenvalue weighted by Gasteiger charge is 2.16. The Morgan fingerprint density at radius 3 is 1.98 bits per heavy atom. The van der Waals surface area contributed by atoms with Gasteiger partial charge in [-0.05, 0) is 46.5 Å². The number of hydrogen-bond donors (Lipinski definition) is 2. The van der Waals surface area contributed by atoms with Gasteiger partial charge >= 0.3 is 0 Å². The largest absolute Gasteiger partial charge is 0.282 e. The van der Waals surface area contributed by atoms with E-state index in [4.69, 9.17) is 10.4 Å². The van der Waals surface area contributed by atoms with Gasteiger partial charge in [-0.15, -0.1) is 11.3 Å². The Balaban J connectivity index is 1.17. The molecule has 9 rings (SSSR count). The normalized spacial score (nSPS) is 11.9. The third-order valence-corrected chi connectivity index (χ3v) is 10.3. The number of aromatic nitrogens is 1. The second kappa shape index (κ2) is 12.1. The number of para-hydroxylation sites is 1. The number of amidine groups is 2. The number of fused-ring (bicyclic) bond motifs is 6. The fourth-order valence-corrected chi connectivity index (χ4v) is 7.98. The molecule has 0 amide bonds. The fraction of sp³-hybridized carbons (Fsp3) is 0. The van der Waals surface area contributed by atoms with E-state index in [9.17, 15) is 0 Å². The van der Waals surface area contributed by atoms with Crippen molar-refractivity contribution in [3.8, 4) is 22.3 Å². The van der Waals surface area contributed by atoms with Crippen LogP contribution in [-0.4, -0.2) is 16.3 Å². The molecule has 4 nitrogen and oxygen atoms in total. The quantitative estimate of drug-likeness (QED) is 0.142. The molecule has 2 heterocycles. The first-order chi connectivity index (χ1) is 24.2. The molecule has 9 aromatic rings. The minimum absolute atomic E-state index is 0.193. The predicted octanol–water partition coefficient (Wildman–Crippen LogP) is 11.5. The summed E-state index contributed by atoms with van der Waals surface area (Å²) in [5, 5.41) is 13.7. The van der Waals surface area contributed by atoms with Gasteiger partial charge in [-0.3, -0.25) is 15.5 Å². The summed E-state index contributed by atoms with van der Waals surface area (Å²) in [6.45, 7) is 0. The molecule has 5 heteroatoms. The predicted molar refractivity (Wildman–Crippen MR) is 209 cm³/mol. The van der Waals surface area contributed by atoms with Gasteiger partial charge < -0.3 is 0 Å². The lowest BCUT2D eigenvalue weighted by molar-refractivity contribution is 1.08. The molecule has 2 aromatic heterocycles. The van der Waals surface area contributed by atoms with Gasteiger partial charge in [-0.1, -0.05) is 146 Å². The maximum atomic E-state index is 8.85. The summed E-state index contributed by atoms with van der Waals surface area (Å²) < 4.78 is 4.73. The van der Waals surface area contributed by atoms with E-state index in [0.29, 0.717) is 5.84 Å². The van der Waals surface area contributed by atoms with E-state index >= 15 is 0 Å². The molecule has 0 aliphatic rings. The highest BCUT2D eigenvalue weighted by molar-refractivity contribution is 7.26. The van der Waals surface area contributed by atoms with Gasteiger partial charge in [0.2, 0.25) is 0 Å². The number of aliphatic imine (C=N–C) groups is 1. The van der Waals surface area contributed by atoms with Crippen LogP contribution in [0.25, 0.3) is 64.2 Å². The second-order valence-corrected chi connectivity index (χ2v) is 13.2. The molecule has 0 bridgehead atoms. The monoisotopic (exact) mass is 646 g/mol. The van der Waals surface area contributed by atoms with Crippen LogP contribution in [0.4, 0.5) is 0 Å². The Labute approximate surface area is 287 Å². The van der Waals surface area contributed by atoms with Crippen LogP contribution in [0.15, 0.2) is 175 Å². The van der Waals surface area contributed by atoms with Crippen LogP contribution in [0.1, 0.15) is 11.1 Å². The lowest BCUT2D eigenvalue weighted by Crippen LogP contribution is -2.25. The smallest absolute Gasteiger partial charge is 0.154 e. The van der Waals surface area contributed by atoms with Crippen molar-refractivity contribution < 1.29 is 0 Å². The van der Waals surface area contributed by atoms with Gasteiger partial charge in [-0.25, -0.2) is 4.99 Å². The molecule has 0 atom stereocenters. The van der Waals surface area contributed by atoms with Gasteiger partial charge in [0.1, 0.15) is 0 Å². The molecule has 0 saturated carbocycles. The number of rotatable bonds is 5. The topological polar surface area (TPSA) is 53.2 Å². The van der Waals surface area contributed by atoms with Crippen LogP contribution in [-0.2, 0) is 0 Å². The lowest BCUT2D eigenvalue weighted by atomic mass is 9.97. The molecular formula is C44H30N4S. The van der Waals surface area contributed by atoms with E-state index in [1.807, 2.05) is 72.0 Å². The summed E-state index contributed by atoms with van der Waals surface area (Å²) in [7, 11) is 0. The molecule has 0 spiro atoms. The minimum atomic E-state index is 0.193. The first-order valence-electron chi connectivity index (χ1n) is 16.3. The zero-order valence-electron chi connectivity index (χ0n) is 26.5. The molecule has 2 N–H and O–H groups in total. The van der Waals surface area contributed by atoms with Gasteiger partial charge in [0.25, 0.3) is 0 Å². The van der Waals surface area contributed by atoms with Crippen molar-refractivity contribution >= 4 is 65.0 Å². The van der Waals surface area contributed by atoms with Crippen molar-refractivity contribution in [1.29, 1.82) is 5.41 Å². The van der Waals surface area contributed by atoms with Crippen LogP contribution >= 0.6 is 11.3 Å². The Bertz CT molecular complexity index is 2700. The number of thiophene rings is 1. The maximum Gasteiger partial charge on any atom is 0.154 e. The zero-order chi connectivity index (χ0) is 32.7. The van der Waals surface area contributed by atoms with Crippen molar-refractivity contribution in [2.75, 3.05) is 5.43 Å². The maximum absolute atomic E-state index is 8.85. The third kappa shape index (κ3) is 5.17. The summed E-state index contributed by atoms with van der Waals surface area (Å²) >= 11 is 1.86. The molecule has 0 aliphatic carbocycles. The first-order valence-corrected chi connectivity index (χ1v) is 17.1. The van der Waals surface area contributed by atoms with Crippen LogP contribution in [0.3, 0.4) is 0 Å². The molecular weight excluding hydrogens is 617 g/mol. The van der Waals surface area contributed by atoms with E-state index in [-0.39, 0.29) is 5.84 Å². The average Bonchev–Trinajstić information content (AvgIpc) is 3.70. The molecule has 7 aromatic carbocycles. The van der Waals surface area contributed by atoms with E-state index in [2.05, 4.69) is 119 Å². The molecule has 0 unspecified atom stereocenters. The number of nitrogens with zero attached hydrogens (tertiary/aromatic N) is 2. The molecule has 0 saturated heterocycles. The van der Waals surface area contributed by atoms with Crippen LogP contribution in [0.2, 0.25) is 0 Å². The summed E-state index contributed by atoms with van der Waals surface area (Å²) in [5.41, 5.74) is 12.1. The van der Waals surface area contributed by atoms with Crippen molar-refractivity contribution in [3.05, 3.63) is 181 Å². The van der Waals surface area contributed by atoms with Crippen LogP contribution in [0.5, 0.6) is 0 Å². The highest BCUT2D eigenvalue weighted by atomic mass is 32.1. The van der Waals surface area contributed by atoms with E-state index in [1.165, 1.54) is 31.3 Å². The minimum Gasteiger partial charge on any atom is -0.282 e. The van der Waals surface area contributed by atoms with E-state index in [0.717, 1.165) is 44.1 Å².